The molecule has 0 unspecified atom stereocenters. The van der Waals surface area contributed by atoms with Crippen LogP contribution in [0.4, 0.5) is 0 Å². The van der Waals surface area contributed by atoms with Crippen LogP contribution in [0.2, 0.25) is 0 Å². The molecular formula is C17H16N4O2S. The Hall–Kier alpha value is -2.54. The maximum Gasteiger partial charge on any atom is 0.276 e. The SMILES string of the molecule is Cc1cc(C(=O)N2CCc3ncnc(-c4ccsc4)c3CC2)no1. The highest BCUT2D eigenvalue weighted by Gasteiger charge is 2.24. The topological polar surface area (TPSA) is 72.1 Å². The van der Waals surface area contributed by atoms with E-state index in [4.69, 9.17) is 4.52 Å². The van der Waals surface area contributed by atoms with Crippen LogP contribution in [0, 0.1) is 6.92 Å². The van der Waals surface area contributed by atoms with Gasteiger partial charge in [0, 0.05) is 47.8 Å². The molecular weight excluding hydrogens is 324 g/mol. The number of carbonyl (C=O) groups is 1. The molecule has 6 nitrogen and oxygen atoms in total. The molecule has 24 heavy (non-hydrogen) atoms. The minimum absolute atomic E-state index is 0.0929. The number of amides is 1. The highest BCUT2D eigenvalue weighted by molar-refractivity contribution is 7.08. The molecule has 4 heterocycles. The Bertz CT molecular complexity index is 873. The summed E-state index contributed by atoms with van der Waals surface area (Å²) in [5, 5.41) is 7.97. The van der Waals surface area contributed by atoms with Gasteiger partial charge in [-0.05, 0) is 24.8 Å². The molecule has 0 spiro atoms. The summed E-state index contributed by atoms with van der Waals surface area (Å²) < 4.78 is 5.02. The highest BCUT2D eigenvalue weighted by atomic mass is 32.1. The number of fused-ring (bicyclic) bond motifs is 1. The van der Waals surface area contributed by atoms with Crippen molar-refractivity contribution in [3.63, 3.8) is 0 Å². The van der Waals surface area contributed by atoms with E-state index in [0.29, 0.717) is 24.5 Å². The molecule has 1 aliphatic heterocycles. The van der Waals surface area contributed by atoms with E-state index in [1.807, 2.05) is 10.3 Å². The second-order valence-electron chi connectivity index (χ2n) is 5.77. The van der Waals surface area contributed by atoms with E-state index in [2.05, 4.69) is 26.6 Å². The molecule has 0 saturated carbocycles. The largest absolute Gasteiger partial charge is 0.361 e. The summed E-state index contributed by atoms with van der Waals surface area (Å²) in [6, 6.07) is 3.75. The zero-order valence-corrected chi connectivity index (χ0v) is 14.0. The highest BCUT2D eigenvalue weighted by Crippen LogP contribution is 2.27. The van der Waals surface area contributed by atoms with Crippen molar-refractivity contribution in [2.24, 2.45) is 0 Å². The molecule has 1 amide bonds. The van der Waals surface area contributed by atoms with Crippen LogP contribution < -0.4 is 0 Å². The van der Waals surface area contributed by atoms with Crippen molar-refractivity contribution in [3.8, 4) is 11.3 Å². The predicted octanol–water partition coefficient (Wildman–Crippen LogP) is 2.74. The van der Waals surface area contributed by atoms with Gasteiger partial charge in [0.15, 0.2) is 5.69 Å². The Morgan fingerprint density at radius 1 is 1.29 bits per heavy atom. The van der Waals surface area contributed by atoms with Crippen molar-refractivity contribution >= 4 is 17.2 Å². The van der Waals surface area contributed by atoms with Gasteiger partial charge in [-0.25, -0.2) is 9.97 Å². The van der Waals surface area contributed by atoms with Crippen LogP contribution >= 0.6 is 11.3 Å². The Balaban J connectivity index is 1.60. The average molecular weight is 340 g/mol. The van der Waals surface area contributed by atoms with Gasteiger partial charge in [0.2, 0.25) is 0 Å². The Labute approximate surface area is 143 Å². The number of rotatable bonds is 2. The molecule has 1 aliphatic rings. The second kappa shape index (κ2) is 6.16. The first-order valence-corrected chi connectivity index (χ1v) is 8.74. The van der Waals surface area contributed by atoms with Gasteiger partial charge >= 0.3 is 0 Å². The molecule has 0 fully saturated rings. The first-order chi connectivity index (χ1) is 11.7. The first-order valence-electron chi connectivity index (χ1n) is 7.80. The summed E-state index contributed by atoms with van der Waals surface area (Å²) in [6.07, 6.45) is 3.08. The van der Waals surface area contributed by atoms with Gasteiger partial charge < -0.3 is 9.42 Å². The van der Waals surface area contributed by atoms with Crippen molar-refractivity contribution < 1.29 is 9.32 Å². The van der Waals surface area contributed by atoms with E-state index in [1.165, 1.54) is 0 Å². The van der Waals surface area contributed by atoms with Crippen molar-refractivity contribution in [2.75, 3.05) is 13.1 Å². The maximum absolute atomic E-state index is 12.6. The lowest BCUT2D eigenvalue weighted by Crippen LogP contribution is -2.33. The number of hydrogen-bond donors (Lipinski definition) is 0. The van der Waals surface area contributed by atoms with Crippen LogP contribution in [0.25, 0.3) is 11.3 Å². The third-order valence-corrected chi connectivity index (χ3v) is 4.90. The summed E-state index contributed by atoms with van der Waals surface area (Å²) >= 11 is 1.65. The number of aromatic nitrogens is 3. The second-order valence-corrected chi connectivity index (χ2v) is 6.55. The molecule has 3 aromatic rings. The van der Waals surface area contributed by atoms with Gasteiger partial charge in [0.25, 0.3) is 5.91 Å². The van der Waals surface area contributed by atoms with E-state index < -0.39 is 0 Å². The smallest absolute Gasteiger partial charge is 0.276 e. The number of nitrogens with zero attached hydrogens (tertiary/aromatic N) is 4. The zero-order valence-electron chi connectivity index (χ0n) is 13.2. The average Bonchev–Trinajstić information content (AvgIpc) is 3.22. The lowest BCUT2D eigenvalue weighted by Gasteiger charge is -2.18. The molecule has 0 saturated heterocycles. The van der Waals surface area contributed by atoms with Crippen LogP contribution in [-0.4, -0.2) is 39.0 Å². The van der Waals surface area contributed by atoms with E-state index >= 15 is 0 Å². The van der Waals surface area contributed by atoms with Crippen LogP contribution in [0.3, 0.4) is 0 Å². The molecule has 3 aromatic heterocycles. The quantitative estimate of drug-likeness (QED) is 0.717. The molecule has 0 atom stereocenters. The Morgan fingerprint density at radius 3 is 2.92 bits per heavy atom. The number of carbonyl (C=O) groups excluding carboxylic acids is 1. The molecule has 0 aliphatic carbocycles. The molecule has 0 N–H and O–H groups in total. The lowest BCUT2D eigenvalue weighted by molar-refractivity contribution is 0.0752. The van der Waals surface area contributed by atoms with Crippen molar-refractivity contribution in [2.45, 2.75) is 19.8 Å². The number of thiophene rings is 1. The van der Waals surface area contributed by atoms with Gasteiger partial charge in [-0.15, -0.1) is 0 Å². The normalized spacial score (nSPS) is 14.3. The van der Waals surface area contributed by atoms with E-state index in [-0.39, 0.29) is 5.91 Å². The molecule has 0 radical (unpaired) electrons. The first kappa shape index (κ1) is 15.0. The minimum atomic E-state index is -0.0929. The van der Waals surface area contributed by atoms with Crippen molar-refractivity contribution in [1.82, 2.24) is 20.0 Å². The van der Waals surface area contributed by atoms with Crippen LogP contribution in [0.5, 0.6) is 0 Å². The molecule has 122 valence electrons. The van der Waals surface area contributed by atoms with E-state index in [1.54, 1.807) is 30.7 Å². The van der Waals surface area contributed by atoms with Gasteiger partial charge in [-0.1, -0.05) is 5.16 Å². The van der Waals surface area contributed by atoms with Crippen LogP contribution in [0.15, 0.2) is 33.7 Å². The number of aryl methyl sites for hydroxylation is 1. The zero-order chi connectivity index (χ0) is 16.5. The van der Waals surface area contributed by atoms with E-state index in [9.17, 15) is 4.79 Å². The van der Waals surface area contributed by atoms with Gasteiger partial charge in [0.1, 0.15) is 12.1 Å². The monoisotopic (exact) mass is 340 g/mol. The fourth-order valence-electron chi connectivity index (χ4n) is 3.01. The summed E-state index contributed by atoms with van der Waals surface area (Å²) in [6.45, 7) is 3.03. The maximum atomic E-state index is 12.6. The minimum Gasteiger partial charge on any atom is -0.361 e. The molecule has 7 heteroatoms. The third kappa shape index (κ3) is 2.71. The molecule has 0 bridgehead atoms. The fourth-order valence-corrected chi connectivity index (χ4v) is 3.65. The summed E-state index contributed by atoms with van der Waals surface area (Å²) in [5.41, 5.74) is 4.63. The van der Waals surface area contributed by atoms with Crippen LogP contribution in [-0.2, 0) is 12.8 Å². The third-order valence-electron chi connectivity index (χ3n) is 4.21. The Morgan fingerprint density at radius 2 is 2.17 bits per heavy atom. The lowest BCUT2D eigenvalue weighted by atomic mass is 10.0. The molecule has 0 aromatic carbocycles. The summed E-state index contributed by atoms with van der Waals surface area (Å²) in [5.74, 6) is 0.548. The van der Waals surface area contributed by atoms with E-state index in [0.717, 1.165) is 35.4 Å². The predicted molar refractivity (Wildman–Crippen MR) is 89.9 cm³/mol. The van der Waals surface area contributed by atoms with Gasteiger partial charge in [-0.2, -0.15) is 11.3 Å². The fraction of sp³-hybridized carbons (Fsp3) is 0.294. The molecule has 4 rings (SSSR count). The number of hydrogen-bond acceptors (Lipinski definition) is 6. The summed E-state index contributed by atoms with van der Waals surface area (Å²) in [4.78, 5) is 23.3. The van der Waals surface area contributed by atoms with Crippen LogP contribution in [0.1, 0.15) is 27.5 Å². The van der Waals surface area contributed by atoms with Crippen molar-refractivity contribution in [1.29, 1.82) is 0 Å². The van der Waals surface area contributed by atoms with Gasteiger partial charge in [0.05, 0.1) is 5.69 Å². The Kier molecular flexibility index (Phi) is 3.86. The summed E-state index contributed by atoms with van der Waals surface area (Å²) in [7, 11) is 0. The van der Waals surface area contributed by atoms with Gasteiger partial charge in [-0.3, -0.25) is 4.79 Å². The standard InChI is InChI=1S/C17H16N4O2S/c1-11-8-15(20-23-11)17(22)21-5-2-13-14(3-6-21)18-10-19-16(13)12-4-7-24-9-12/h4,7-10H,2-3,5-6H2,1H3. The van der Waals surface area contributed by atoms with Crippen molar-refractivity contribution in [3.05, 3.63) is 51.9 Å².